The summed E-state index contributed by atoms with van der Waals surface area (Å²) in [4.78, 5) is 7.28. The van der Waals surface area contributed by atoms with Crippen molar-refractivity contribution in [3.05, 3.63) is 11.8 Å². The van der Waals surface area contributed by atoms with E-state index in [0.717, 1.165) is 6.07 Å². The van der Waals surface area contributed by atoms with Gasteiger partial charge >= 0.3 is 6.18 Å². The lowest BCUT2D eigenvalue weighted by molar-refractivity contribution is -0.141. The molecule has 5 nitrogen and oxygen atoms in total. The summed E-state index contributed by atoms with van der Waals surface area (Å²) in [6, 6.07) is 0.868. The van der Waals surface area contributed by atoms with Crippen molar-refractivity contribution in [1.29, 1.82) is 0 Å². The lowest BCUT2D eigenvalue weighted by Gasteiger charge is -2.23. The zero-order valence-electron chi connectivity index (χ0n) is 11.2. The smallest absolute Gasteiger partial charge is 0.377 e. The highest BCUT2D eigenvalue weighted by molar-refractivity contribution is 5.43. The molecule has 0 aromatic carbocycles. The summed E-state index contributed by atoms with van der Waals surface area (Å²) < 4.78 is 43.1. The maximum Gasteiger partial charge on any atom is 0.433 e. The number of halogens is 3. The molecule has 1 aromatic rings. The maximum absolute atomic E-state index is 12.7. The van der Waals surface area contributed by atoms with Crippen molar-refractivity contribution in [2.75, 3.05) is 31.3 Å². The largest absolute Gasteiger partial charge is 0.433 e. The lowest BCUT2D eigenvalue weighted by Crippen LogP contribution is -2.32. The van der Waals surface area contributed by atoms with E-state index in [9.17, 15) is 13.2 Å². The SMILES string of the molecule is CNc1nc(NCC(C)(C)OC)cc(C(F)(F)F)n1. The van der Waals surface area contributed by atoms with Gasteiger partial charge in [-0.15, -0.1) is 0 Å². The number of nitrogens with zero attached hydrogens (tertiary/aromatic N) is 2. The average molecular weight is 278 g/mol. The van der Waals surface area contributed by atoms with Crippen molar-refractivity contribution < 1.29 is 17.9 Å². The molecule has 0 aliphatic rings. The van der Waals surface area contributed by atoms with Gasteiger partial charge in [0.05, 0.1) is 5.60 Å². The lowest BCUT2D eigenvalue weighted by atomic mass is 10.1. The van der Waals surface area contributed by atoms with E-state index >= 15 is 0 Å². The van der Waals surface area contributed by atoms with Crippen molar-refractivity contribution in [2.45, 2.75) is 25.6 Å². The Morgan fingerprint density at radius 2 is 1.89 bits per heavy atom. The summed E-state index contributed by atoms with van der Waals surface area (Å²) in [6.45, 7) is 3.94. The quantitative estimate of drug-likeness (QED) is 0.866. The van der Waals surface area contributed by atoms with E-state index in [4.69, 9.17) is 4.74 Å². The summed E-state index contributed by atoms with van der Waals surface area (Å²) in [5.74, 6) is 0.00403. The molecule has 0 saturated heterocycles. The third kappa shape index (κ3) is 4.55. The molecular weight excluding hydrogens is 261 g/mol. The summed E-state index contributed by atoms with van der Waals surface area (Å²) in [5.41, 5.74) is -1.51. The van der Waals surface area contributed by atoms with E-state index in [1.165, 1.54) is 14.2 Å². The first-order valence-electron chi connectivity index (χ1n) is 5.61. The van der Waals surface area contributed by atoms with Crippen LogP contribution in [0.3, 0.4) is 0 Å². The van der Waals surface area contributed by atoms with Crippen LogP contribution in [0.1, 0.15) is 19.5 Å². The van der Waals surface area contributed by atoms with Crippen LogP contribution < -0.4 is 10.6 Å². The van der Waals surface area contributed by atoms with Crippen molar-refractivity contribution in [3.63, 3.8) is 0 Å². The second kappa shape index (κ2) is 5.60. The molecule has 0 bridgehead atoms. The molecule has 0 aliphatic heterocycles. The van der Waals surface area contributed by atoms with Gasteiger partial charge in [0.15, 0.2) is 5.69 Å². The highest BCUT2D eigenvalue weighted by Gasteiger charge is 2.33. The van der Waals surface area contributed by atoms with Crippen LogP contribution in [0.5, 0.6) is 0 Å². The maximum atomic E-state index is 12.7. The van der Waals surface area contributed by atoms with Gasteiger partial charge in [0.2, 0.25) is 5.95 Å². The van der Waals surface area contributed by atoms with Gasteiger partial charge in [-0.2, -0.15) is 18.2 Å². The minimum Gasteiger partial charge on any atom is -0.377 e. The molecule has 0 unspecified atom stereocenters. The number of hydrogen-bond acceptors (Lipinski definition) is 5. The molecular formula is C11H17F3N4O. The van der Waals surface area contributed by atoms with Crippen LogP contribution in [0.4, 0.5) is 24.9 Å². The van der Waals surface area contributed by atoms with E-state index in [0.29, 0.717) is 6.54 Å². The fraction of sp³-hybridized carbons (Fsp3) is 0.636. The molecule has 0 aliphatic carbocycles. The van der Waals surface area contributed by atoms with Gasteiger partial charge in [0, 0.05) is 26.8 Å². The van der Waals surface area contributed by atoms with Gasteiger partial charge < -0.3 is 15.4 Å². The molecule has 0 radical (unpaired) electrons. The fourth-order valence-electron chi connectivity index (χ4n) is 1.17. The highest BCUT2D eigenvalue weighted by atomic mass is 19.4. The molecule has 0 fully saturated rings. The first-order chi connectivity index (χ1) is 8.68. The summed E-state index contributed by atoms with van der Waals surface area (Å²) in [7, 11) is 2.99. The third-order valence-electron chi connectivity index (χ3n) is 2.49. The Bertz CT molecular complexity index is 434. The first-order valence-corrected chi connectivity index (χ1v) is 5.61. The number of rotatable bonds is 5. The first kappa shape index (κ1) is 15.5. The van der Waals surface area contributed by atoms with Gasteiger partial charge in [-0.1, -0.05) is 0 Å². The number of methoxy groups -OCH3 is 1. The zero-order valence-corrected chi connectivity index (χ0v) is 11.2. The topological polar surface area (TPSA) is 59.1 Å². The van der Waals surface area contributed by atoms with Crippen LogP contribution in [0.25, 0.3) is 0 Å². The molecule has 1 rings (SSSR count). The fourth-order valence-corrected chi connectivity index (χ4v) is 1.17. The Morgan fingerprint density at radius 1 is 1.26 bits per heavy atom. The third-order valence-corrected chi connectivity index (χ3v) is 2.49. The Kier molecular flexibility index (Phi) is 4.56. The molecule has 0 atom stereocenters. The van der Waals surface area contributed by atoms with Gasteiger partial charge in [-0.25, -0.2) is 4.98 Å². The molecule has 2 N–H and O–H groups in total. The van der Waals surface area contributed by atoms with Gasteiger partial charge in [0.25, 0.3) is 0 Å². The van der Waals surface area contributed by atoms with Crippen LogP contribution in [-0.4, -0.2) is 36.3 Å². The molecule has 8 heteroatoms. The molecule has 1 aromatic heterocycles. The van der Waals surface area contributed by atoms with Crippen molar-refractivity contribution in [1.82, 2.24) is 9.97 Å². The Labute approximate surface area is 109 Å². The number of alkyl halides is 3. The predicted molar refractivity (Wildman–Crippen MR) is 66.2 cm³/mol. The van der Waals surface area contributed by atoms with Crippen LogP contribution in [0.2, 0.25) is 0 Å². The molecule has 108 valence electrons. The van der Waals surface area contributed by atoms with E-state index in [-0.39, 0.29) is 11.8 Å². The number of aromatic nitrogens is 2. The van der Waals surface area contributed by atoms with Crippen LogP contribution in [0, 0.1) is 0 Å². The van der Waals surface area contributed by atoms with Crippen LogP contribution in [-0.2, 0) is 10.9 Å². The van der Waals surface area contributed by atoms with Crippen LogP contribution in [0.15, 0.2) is 6.07 Å². The molecule has 0 saturated carbocycles. The number of ether oxygens (including phenoxy) is 1. The van der Waals surface area contributed by atoms with E-state index < -0.39 is 17.5 Å². The van der Waals surface area contributed by atoms with E-state index in [2.05, 4.69) is 20.6 Å². The normalized spacial score (nSPS) is 12.4. The van der Waals surface area contributed by atoms with Crippen molar-refractivity contribution >= 4 is 11.8 Å². The summed E-state index contributed by atoms with van der Waals surface area (Å²) >= 11 is 0. The van der Waals surface area contributed by atoms with E-state index in [1.807, 2.05) is 13.8 Å². The Balaban J connectivity index is 2.95. The van der Waals surface area contributed by atoms with Crippen LogP contribution >= 0.6 is 0 Å². The minimum absolute atomic E-state index is 0.0902. The number of anilines is 2. The predicted octanol–water partition coefficient (Wildman–Crippen LogP) is 2.37. The average Bonchev–Trinajstić information content (AvgIpc) is 2.35. The minimum atomic E-state index is -4.51. The van der Waals surface area contributed by atoms with Crippen molar-refractivity contribution in [3.8, 4) is 0 Å². The standard InChI is InChI=1S/C11H17F3N4O/c1-10(2,19-4)6-16-8-5-7(11(12,13)14)17-9(15-3)18-8/h5H,6H2,1-4H3,(H2,15,16,17,18). The molecule has 1 heterocycles. The van der Waals surface area contributed by atoms with Gasteiger partial charge in [0.1, 0.15) is 5.82 Å². The Hall–Kier alpha value is -1.57. The van der Waals surface area contributed by atoms with Gasteiger partial charge in [-0.05, 0) is 13.8 Å². The second-order valence-electron chi connectivity index (χ2n) is 4.53. The molecule has 0 amide bonds. The number of nitrogens with one attached hydrogen (secondary N) is 2. The van der Waals surface area contributed by atoms with Crippen molar-refractivity contribution in [2.24, 2.45) is 0 Å². The second-order valence-corrected chi connectivity index (χ2v) is 4.53. The molecule has 0 spiro atoms. The zero-order chi connectivity index (χ0) is 14.7. The highest BCUT2D eigenvalue weighted by Crippen LogP contribution is 2.29. The number of hydrogen-bond donors (Lipinski definition) is 2. The van der Waals surface area contributed by atoms with E-state index in [1.54, 1.807) is 0 Å². The van der Waals surface area contributed by atoms with Gasteiger partial charge in [-0.3, -0.25) is 0 Å². The molecule has 19 heavy (non-hydrogen) atoms. The summed E-state index contributed by atoms with van der Waals surface area (Å²) in [6.07, 6.45) is -4.51. The summed E-state index contributed by atoms with van der Waals surface area (Å²) in [5, 5.41) is 5.30. The monoisotopic (exact) mass is 278 g/mol. The Morgan fingerprint density at radius 3 is 2.37 bits per heavy atom.